The van der Waals surface area contributed by atoms with E-state index in [-0.39, 0.29) is 12.1 Å². The molecule has 1 saturated heterocycles. The summed E-state index contributed by atoms with van der Waals surface area (Å²) in [6.07, 6.45) is 1.80. The van der Waals surface area contributed by atoms with E-state index in [4.69, 9.17) is 0 Å². The average molecular weight is 429 g/mol. The van der Waals surface area contributed by atoms with Crippen molar-refractivity contribution in [3.8, 4) is 0 Å². The number of aryl methyl sites for hydroxylation is 2. The van der Waals surface area contributed by atoms with E-state index in [1.54, 1.807) is 0 Å². The zero-order valence-electron chi connectivity index (χ0n) is 18.9. The van der Waals surface area contributed by atoms with Crippen molar-refractivity contribution >= 4 is 11.7 Å². The summed E-state index contributed by atoms with van der Waals surface area (Å²) in [6, 6.07) is 25.2. The van der Waals surface area contributed by atoms with E-state index in [2.05, 4.69) is 88.1 Å². The summed E-state index contributed by atoms with van der Waals surface area (Å²) >= 11 is 0. The van der Waals surface area contributed by atoms with E-state index >= 15 is 0 Å². The van der Waals surface area contributed by atoms with Gasteiger partial charge in [-0.2, -0.15) is 0 Å². The van der Waals surface area contributed by atoms with Gasteiger partial charge in [-0.3, -0.25) is 4.98 Å². The van der Waals surface area contributed by atoms with Crippen LogP contribution in [0, 0.1) is 6.92 Å². The van der Waals surface area contributed by atoms with Gasteiger partial charge in [0.05, 0.1) is 0 Å². The van der Waals surface area contributed by atoms with E-state index in [0.717, 1.165) is 49.6 Å². The summed E-state index contributed by atoms with van der Waals surface area (Å²) < 4.78 is 0. The molecule has 2 aromatic carbocycles. The number of likely N-dealkylation sites (tertiary alicyclic amines) is 1. The molecule has 1 fully saturated rings. The minimum absolute atomic E-state index is 0.146. The number of nitrogens with one attached hydrogen (secondary N) is 2. The minimum Gasteiger partial charge on any atom is -0.334 e. The summed E-state index contributed by atoms with van der Waals surface area (Å²) in [7, 11) is 0. The monoisotopic (exact) mass is 428 g/mol. The Kier molecular flexibility index (Phi) is 7.17. The Morgan fingerprint density at radius 3 is 2.34 bits per heavy atom. The summed E-state index contributed by atoms with van der Waals surface area (Å²) in [6.45, 7) is 6.80. The van der Waals surface area contributed by atoms with Crippen LogP contribution >= 0.6 is 0 Å². The zero-order chi connectivity index (χ0) is 22.3. The highest BCUT2D eigenvalue weighted by molar-refractivity contribution is 5.89. The van der Waals surface area contributed by atoms with E-state index in [1.807, 2.05) is 19.1 Å². The Morgan fingerprint density at radius 1 is 1.06 bits per heavy atom. The van der Waals surface area contributed by atoms with E-state index < -0.39 is 0 Å². The molecule has 0 aliphatic carbocycles. The number of hydrogen-bond donors (Lipinski definition) is 2. The van der Waals surface area contributed by atoms with Crippen molar-refractivity contribution in [1.29, 1.82) is 0 Å². The van der Waals surface area contributed by atoms with Crippen LogP contribution in [0.4, 0.5) is 10.5 Å². The number of anilines is 1. The highest BCUT2D eigenvalue weighted by atomic mass is 16.2. The van der Waals surface area contributed by atoms with E-state index in [0.29, 0.717) is 5.92 Å². The van der Waals surface area contributed by atoms with Gasteiger partial charge in [0.15, 0.2) is 0 Å². The van der Waals surface area contributed by atoms with Crippen molar-refractivity contribution in [3.05, 3.63) is 95.3 Å². The van der Waals surface area contributed by atoms with Gasteiger partial charge < -0.3 is 15.5 Å². The van der Waals surface area contributed by atoms with E-state index in [9.17, 15) is 4.79 Å². The van der Waals surface area contributed by atoms with Crippen LogP contribution in [0.15, 0.2) is 72.8 Å². The fraction of sp³-hybridized carbons (Fsp3) is 0.333. The average Bonchev–Trinajstić information content (AvgIpc) is 3.24. The van der Waals surface area contributed by atoms with Gasteiger partial charge in [0, 0.05) is 48.7 Å². The standard InChI is InChI=1S/C27H32N4O/c1-3-23-17-25(16-20(2)28-23)30-27(32)29-24-14-15-31(18-24)19-26(21-10-6-4-7-11-21)22-12-8-5-9-13-22/h4-13,16-17,24,26H,3,14-15,18-19H2,1-2H3,(H2,28,29,30,32). The van der Waals surface area contributed by atoms with Gasteiger partial charge in [0.1, 0.15) is 0 Å². The molecule has 0 bridgehead atoms. The molecular formula is C27H32N4O. The lowest BCUT2D eigenvalue weighted by atomic mass is 9.91. The molecule has 5 heteroatoms. The second kappa shape index (κ2) is 10.4. The molecule has 166 valence electrons. The fourth-order valence-corrected chi connectivity index (χ4v) is 4.49. The number of hydrogen-bond acceptors (Lipinski definition) is 3. The van der Waals surface area contributed by atoms with Crippen molar-refractivity contribution in [2.45, 2.75) is 38.6 Å². The predicted molar refractivity (Wildman–Crippen MR) is 130 cm³/mol. The van der Waals surface area contributed by atoms with Gasteiger partial charge in [-0.15, -0.1) is 0 Å². The predicted octanol–water partition coefficient (Wildman–Crippen LogP) is 4.98. The maximum Gasteiger partial charge on any atom is 0.319 e. The summed E-state index contributed by atoms with van der Waals surface area (Å²) in [5, 5.41) is 6.14. The van der Waals surface area contributed by atoms with Crippen LogP contribution in [-0.2, 0) is 6.42 Å². The topological polar surface area (TPSA) is 57.3 Å². The van der Waals surface area contributed by atoms with E-state index in [1.165, 1.54) is 11.1 Å². The summed E-state index contributed by atoms with van der Waals surface area (Å²) in [5.74, 6) is 0.317. The Labute approximate surface area is 190 Å². The van der Waals surface area contributed by atoms with Crippen molar-refractivity contribution in [1.82, 2.24) is 15.2 Å². The maximum atomic E-state index is 12.6. The lowest BCUT2D eigenvalue weighted by Gasteiger charge is -2.25. The van der Waals surface area contributed by atoms with Crippen molar-refractivity contribution in [2.75, 3.05) is 25.0 Å². The van der Waals surface area contributed by atoms with Crippen molar-refractivity contribution in [2.24, 2.45) is 0 Å². The number of benzene rings is 2. The van der Waals surface area contributed by atoms with Crippen LogP contribution in [0.3, 0.4) is 0 Å². The number of pyridine rings is 1. The number of amides is 2. The largest absolute Gasteiger partial charge is 0.334 e. The molecule has 0 radical (unpaired) electrons. The number of carbonyl (C=O) groups excluding carboxylic acids is 1. The minimum atomic E-state index is -0.146. The Balaban J connectivity index is 1.36. The molecule has 2 heterocycles. The SMILES string of the molecule is CCc1cc(NC(=O)NC2CCN(CC(c3ccccc3)c3ccccc3)C2)cc(C)n1. The number of urea groups is 1. The molecule has 1 atom stereocenters. The Bertz CT molecular complexity index is 983. The number of aromatic nitrogens is 1. The molecule has 1 unspecified atom stereocenters. The zero-order valence-corrected chi connectivity index (χ0v) is 18.9. The molecule has 2 N–H and O–H groups in total. The molecule has 4 rings (SSSR count). The number of carbonyl (C=O) groups is 1. The second-order valence-electron chi connectivity index (χ2n) is 8.56. The van der Waals surface area contributed by atoms with Gasteiger partial charge in [0.2, 0.25) is 0 Å². The van der Waals surface area contributed by atoms with Crippen LogP contribution in [-0.4, -0.2) is 41.6 Å². The first kappa shape index (κ1) is 22.0. The highest BCUT2D eigenvalue weighted by Gasteiger charge is 2.27. The molecule has 0 spiro atoms. The molecule has 2 amide bonds. The van der Waals surface area contributed by atoms with Gasteiger partial charge >= 0.3 is 6.03 Å². The molecular weight excluding hydrogens is 396 g/mol. The van der Waals surface area contributed by atoms with Gasteiger partial charge in [0.25, 0.3) is 0 Å². The molecule has 3 aromatic rings. The number of nitrogens with zero attached hydrogens (tertiary/aromatic N) is 2. The first-order valence-electron chi connectivity index (χ1n) is 11.5. The quantitative estimate of drug-likeness (QED) is 0.558. The van der Waals surface area contributed by atoms with Crippen LogP contribution in [0.25, 0.3) is 0 Å². The highest BCUT2D eigenvalue weighted by Crippen LogP contribution is 2.27. The van der Waals surface area contributed by atoms with Gasteiger partial charge in [-0.1, -0.05) is 67.6 Å². The fourth-order valence-electron chi connectivity index (χ4n) is 4.49. The lowest BCUT2D eigenvalue weighted by molar-refractivity contribution is 0.247. The smallest absolute Gasteiger partial charge is 0.319 e. The molecule has 32 heavy (non-hydrogen) atoms. The van der Waals surface area contributed by atoms with Crippen LogP contribution in [0.2, 0.25) is 0 Å². The lowest BCUT2D eigenvalue weighted by Crippen LogP contribution is -2.40. The third-order valence-corrected chi connectivity index (χ3v) is 6.08. The van der Waals surface area contributed by atoms with Crippen molar-refractivity contribution in [3.63, 3.8) is 0 Å². The normalized spacial score (nSPS) is 16.3. The maximum absolute atomic E-state index is 12.6. The third-order valence-electron chi connectivity index (χ3n) is 6.08. The van der Waals surface area contributed by atoms with Crippen molar-refractivity contribution < 1.29 is 4.79 Å². The summed E-state index contributed by atoms with van der Waals surface area (Å²) in [5.41, 5.74) is 5.36. The number of rotatable bonds is 7. The third kappa shape index (κ3) is 5.74. The van der Waals surface area contributed by atoms with Crippen LogP contribution in [0.1, 0.15) is 41.8 Å². The van der Waals surface area contributed by atoms with Crippen LogP contribution < -0.4 is 10.6 Å². The molecule has 1 aromatic heterocycles. The molecule has 1 aliphatic heterocycles. The Morgan fingerprint density at radius 2 is 1.72 bits per heavy atom. The first-order valence-corrected chi connectivity index (χ1v) is 11.5. The second-order valence-corrected chi connectivity index (χ2v) is 8.56. The Hall–Kier alpha value is -3.18. The van der Waals surface area contributed by atoms with Crippen LogP contribution in [0.5, 0.6) is 0 Å². The molecule has 1 aliphatic rings. The van der Waals surface area contributed by atoms with Gasteiger partial charge in [-0.25, -0.2) is 4.79 Å². The van der Waals surface area contributed by atoms with Gasteiger partial charge in [-0.05, 0) is 43.0 Å². The molecule has 0 saturated carbocycles. The molecule has 5 nitrogen and oxygen atoms in total. The first-order chi connectivity index (χ1) is 15.6. The summed E-state index contributed by atoms with van der Waals surface area (Å²) in [4.78, 5) is 19.5.